The van der Waals surface area contributed by atoms with E-state index in [0.29, 0.717) is 30.9 Å². The summed E-state index contributed by atoms with van der Waals surface area (Å²) in [6, 6.07) is 13.6. The van der Waals surface area contributed by atoms with Gasteiger partial charge in [-0.3, -0.25) is 13.9 Å². The smallest absolute Gasteiger partial charge is 0.244 e. The molecule has 0 fully saturated rings. The van der Waals surface area contributed by atoms with Crippen LogP contribution in [0.2, 0.25) is 0 Å². The van der Waals surface area contributed by atoms with Crippen LogP contribution < -0.4 is 19.1 Å². The third kappa shape index (κ3) is 8.66. The van der Waals surface area contributed by atoms with Gasteiger partial charge in [0, 0.05) is 19.2 Å². The molecule has 37 heavy (non-hydrogen) atoms. The van der Waals surface area contributed by atoms with Crippen molar-refractivity contribution in [2.24, 2.45) is 5.92 Å². The molecule has 2 aromatic carbocycles. The van der Waals surface area contributed by atoms with Crippen LogP contribution >= 0.6 is 0 Å². The Bertz CT molecular complexity index is 1140. The molecule has 10 heteroatoms. The first-order valence-electron chi connectivity index (χ1n) is 12.3. The molecular weight excluding hydrogens is 494 g/mol. The number of sulfonamides is 1. The molecule has 0 radical (unpaired) electrons. The molecule has 1 atom stereocenters. The van der Waals surface area contributed by atoms with E-state index in [1.54, 1.807) is 12.1 Å². The minimum absolute atomic E-state index is 0.251. The van der Waals surface area contributed by atoms with Crippen LogP contribution in [0.25, 0.3) is 0 Å². The van der Waals surface area contributed by atoms with Gasteiger partial charge in [-0.2, -0.15) is 0 Å². The zero-order valence-corrected chi connectivity index (χ0v) is 23.4. The molecule has 2 rings (SSSR count). The first kappa shape index (κ1) is 30.0. The minimum atomic E-state index is -3.84. The number of ether oxygens (including phenoxy) is 2. The standard InChI is InChI=1S/C27H39N3O6S/c1-7-23(27(32)28-18-20(2)3)29(16-15-21-11-9-8-10-12-21)26(31)19-30(37(6,33)34)22-13-14-24(35-4)25(17-22)36-5/h8-14,17,20,23H,7,15-16,18-19H2,1-6H3,(H,28,32)/t23-/m0/s1. The first-order valence-corrected chi connectivity index (χ1v) is 14.2. The maximum absolute atomic E-state index is 13.7. The normalized spacial score (nSPS) is 12.1. The molecule has 9 nitrogen and oxygen atoms in total. The van der Waals surface area contributed by atoms with Crippen LogP contribution in [0.3, 0.4) is 0 Å². The summed E-state index contributed by atoms with van der Waals surface area (Å²) in [6.45, 7) is 6.11. The second-order valence-electron chi connectivity index (χ2n) is 9.19. The minimum Gasteiger partial charge on any atom is -0.493 e. The molecule has 0 aromatic heterocycles. The lowest BCUT2D eigenvalue weighted by Crippen LogP contribution is -2.53. The first-order chi connectivity index (χ1) is 17.5. The highest BCUT2D eigenvalue weighted by molar-refractivity contribution is 7.92. The van der Waals surface area contributed by atoms with Crippen molar-refractivity contribution < 1.29 is 27.5 Å². The highest BCUT2D eigenvalue weighted by Gasteiger charge is 2.31. The lowest BCUT2D eigenvalue weighted by molar-refractivity contribution is -0.139. The summed E-state index contributed by atoms with van der Waals surface area (Å²) < 4.78 is 37.1. The van der Waals surface area contributed by atoms with Crippen molar-refractivity contribution in [1.29, 1.82) is 0 Å². The van der Waals surface area contributed by atoms with Gasteiger partial charge in [-0.25, -0.2) is 8.42 Å². The molecule has 0 heterocycles. The molecule has 0 aliphatic heterocycles. The van der Waals surface area contributed by atoms with Gasteiger partial charge in [-0.05, 0) is 36.5 Å². The van der Waals surface area contributed by atoms with Gasteiger partial charge < -0.3 is 19.7 Å². The summed E-state index contributed by atoms with van der Waals surface area (Å²) in [4.78, 5) is 28.3. The lowest BCUT2D eigenvalue weighted by Gasteiger charge is -2.33. The van der Waals surface area contributed by atoms with Crippen molar-refractivity contribution >= 4 is 27.5 Å². The van der Waals surface area contributed by atoms with Crippen molar-refractivity contribution in [3.05, 3.63) is 54.1 Å². The number of hydrogen-bond acceptors (Lipinski definition) is 6. The summed E-state index contributed by atoms with van der Waals surface area (Å²) in [7, 11) is -0.913. The van der Waals surface area contributed by atoms with Crippen molar-refractivity contribution in [1.82, 2.24) is 10.2 Å². The number of nitrogens with one attached hydrogen (secondary N) is 1. The predicted molar refractivity (Wildman–Crippen MR) is 146 cm³/mol. The maximum atomic E-state index is 13.7. The second-order valence-corrected chi connectivity index (χ2v) is 11.1. The second kappa shape index (κ2) is 13.9. The van der Waals surface area contributed by atoms with Crippen LogP contribution in [0.1, 0.15) is 32.8 Å². The van der Waals surface area contributed by atoms with Crippen LogP contribution in [-0.4, -0.2) is 71.3 Å². The fourth-order valence-electron chi connectivity index (χ4n) is 3.91. The summed E-state index contributed by atoms with van der Waals surface area (Å²) in [5.74, 6) is 0.294. The zero-order valence-electron chi connectivity index (χ0n) is 22.6. The zero-order chi connectivity index (χ0) is 27.6. The van der Waals surface area contributed by atoms with Crippen LogP contribution in [0.4, 0.5) is 5.69 Å². The van der Waals surface area contributed by atoms with Gasteiger partial charge in [0.05, 0.1) is 26.2 Å². The quantitative estimate of drug-likeness (QED) is 0.400. The monoisotopic (exact) mass is 533 g/mol. The molecular formula is C27H39N3O6S. The van der Waals surface area contributed by atoms with E-state index in [4.69, 9.17) is 9.47 Å². The van der Waals surface area contributed by atoms with E-state index in [1.807, 2.05) is 51.1 Å². The van der Waals surface area contributed by atoms with E-state index >= 15 is 0 Å². The van der Waals surface area contributed by atoms with Crippen LogP contribution in [-0.2, 0) is 26.0 Å². The van der Waals surface area contributed by atoms with Gasteiger partial charge in [0.2, 0.25) is 21.8 Å². The number of hydrogen-bond donors (Lipinski definition) is 1. The number of nitrogens with zero attached hydrogens (tertiary/aromatic N) is 2. The van der Waals surface area contributed by atoms with Gasteiger partial charge in [0.1, 0.15) is 12.6 Å². The Kier molecular flexibility index (Phi) is 11.2. The fraction of sp³-hybridized carbons (Fsp3) is 0.481. The van der Waals surface area contributed by atoms with Crippen molar-refractivity contribution in [2.75, 3.05) is 44.4 Å². The van der Waals surface area contributed by atoms with Gasteiger partial charge >= 0.3 is 0 Å². The van der Waals surface area contributed by atoms with Gasteiger partial charge in [0.15, 0.2) is 11.5 Å². The maximum Gasteiger partial charge on any atom is 0.244 e. The number of methoxy groups -OCH3 is 2. The van der Waals surface area contributed by atoms with E-state index in [-0.39, 0.29) is 24.1 Å². The van der Waals surface area contributed by atoms with E-state index in [2.05, 4.69) is 5.32 Å². The number of benzene rings is 2. The Labute approximate surface area is 220 Å². The Balaban J connectivity index is 2.40. The summed E-state index contributed by atoms with van der Waals surface area (Å²) in [5.41, 5.74) is 1.27. The third-order valence-corrected chi connectivity index (χ3v) is 7.03. The Morgan fingerprint density at radius 2 is 1.65 bits per heavy atom. The van der Waals surface area contributed by atoms with E-state index in [1.165, 1.54) is 25.2 Å². The largest absolute Gasteiger partial charge is 0.493 e. The number of anilines is 1. The molecule has 204 valence electrons. The molecule has 1 N–H and O–H groups in total. The number of carbonyl (C=O) groups is 2. The summed E-state index contributed by atoms with van der Waals surface area (Å²) in [5, 5.41) is 2.91. The molecule has 0 aliphatic rings. The van der Waals surface area contributed by atoms with Crippen LogP contribution in [0.5, 0.6) is 11.5 Å². The average molecular weight is 534 g/mol. The van der Waals surface area contributed by atoms with Crippen LogP contribution in [0, 0.1) is 5.92 Å². The molecule has 0 unspecified atom stereocenters. The molecule has 2 aromatic rings. The number of amides is 2. The summed E-state index contributed by atoms with van der Waals surface area (Å²) in [6.07, 6.45) is 1.95. The molecule has 2 amide bonds. The Morgan fingerprint density at radius 1 is 1.00 bits per heavy atom. The van der Waals surface area contributed by atoms with Gasteiger partial charge in [0.25, 0.3) is 0 Å². The van der Waals surface area contributed by atoms with Crippen molar-refractivity contribution in [3.8, 4) is 11.5 Å². The fourth-order valence-corrected chi connectivity index (χ4v) is 4.75. The van der Waals surface area contributed by atoms with E-state index < -0.39 is 28.5 Å². The Morgan fingerprint density at radius 3 is 2.19 bits per heavy atom. The van der Waals surface area contributed by atoms with Gasteiger partial charge in [-0.1, -0.05) is 51.1 Å². The van der Waals surface area contributed by atoms with E-state index in [9.17, 15) is 18.0 Å². The molecule has 0 aliphatic carbocycles. The van der Waals surface area contributed by atoms with Crippen molar-refractivity contribution in [2.45, 2.75) is 39.7 Å². The predicted octanol–water partition coefficient (Wildman–Crippen LogP) is 3.09. The summed E-state index contributed by atoms with van der Waals surface area (Å²) >= 11 is 0. The highest BCUT2D eigenvalue weighted by Crippen LogP contribution is 2.32. The van der Waals surface area contributed by atoms with E-state index in [0.717, 1.165) is 16.1 Å². The van der Waals surface area contributed by atoms with Crippen molar-refractivity contribution in [3.63, 3.8) is 0 Å². The Hall–Kier alpha value is -3.27. The number of rotatable bonds is 14. The molecule has 0 saturated carbocycles. The third-order valence-electron chi connectivity index (χ3n) is 5.89. The molecule has 0 spiro atoms. The average Bonchev–Trinajstić information content (AvgIpc) is 2.87. The molecule has 0 bridgehead atoms. The molecule has 0 saturated heterocycles. The SMILES string of the molecule is CC[C@@H](C(=O)NCC(C)C)N(CCc1ccccc1)C(=O)CN(c1ccc(OC)c(OC)c1)S(C)(=O)=O. The highest BCUT2D eigenvalue weighted by atomic mass is 32.2. The topological polar surface area (TPSA) is 105 Å². The number of carbonyl (C=O) groups excluding carboxylic acids is 2. The van der Waals surface area contributed by atoms with Gasteiger partial charge in [-0.15, -0.1) is 0 Å². The van der Waals surface area contributed by atoms with Crippen LogP contribution in [0.15, 0.2) is 48.5 Å². The lowest BCUT2D eigenvalue weighted by atomic mass is 10.1.